The van der Waals surface area contributed by atoms with E-state index in [1.54, 1.807) is 18.2 Å². The van der Waals surface area contributed by atoms with E-state index >= 15 is 0 Å². The number of nitrogens with zero attached hydrogens (tertiary/aromatic N) is 2. The summed E-state index contributed by atoms with van der Waals surface area (Å²) in [5.74, 6) is 0.682. The maximum Gasteiger partial charge on any atom is 0.191 e. The van der Waals surface area contributed by atoms with Crippen molar-refractivity contribution in [2.24, 2.45) is 4.99 Å². The van der Waals surface area contributed by atoms with Gasteiger partial charge >= 0.3 is 0 Å². The zero-order chi connectivity index (χ0) is 20.2. The molecule has 3 N–H and O–H groups in total. The van der Waals surface area contributed by atoms with Gasteiger partial charge in [0, 0.05) is 26.2 Å². The molecule has 2 rings (SSSR count). The van der Waals surface area contributed by atoms with E-state index in [0.717, 1.165) is 64.4 Å². The Morgan fingerprint density at radius 2 is 2.04 bits per heavy atom. The van der Waals surface area contributed by atoms with Crippen LogP contribution in [-0.2, 0) is 0 Å². The molecule has 0 spiro atoms. The Hall–Kier alpha value is -1.86. The molecular weight excluding hydrogens is 359 g/mol. The summed E-state index contributed by atoms with van der Waals surface area (Å²) in [5.41, 5.74) is 0. The molecule has 1 aromatic rings. The number of piperidine rings is 1. The second-order valence-electron chi connectivity index (χ2n) is 7.15. The van der Waals surface area contributed by atoms with Crippen molar-refractivity contribution in [3.05, 3.63) is 30.1 Å². The lowest BCUT2D eigenvalue weighted by Gasteiger charge is -2.29. The summed E-state index contributed by atoms with van der Waals surface area (Å²) in [6, 6.07) is 6.47. The van der Waals surface area contributed by atoms with Gasteiger partial charge in [-0.1, -0.05) is 19.1 Å². The standard InChI is InChI=1S/C21H35FN4O2/c1-3-18(28-20-9-6-5-8-19(20)22)16-25-21(23-4-2)24-12-7-13-26-14-10-17(27)11-15-26/h5-6,8-9,17-18,27H,3-4,7,10-16H2,1-2H3,(H2,23,24,25). The lowest BCUT2D eigenvalue weighted by Crippen LogP contribution is -2.41. The van der Waals surface area contributed by atoms with Crippen molar-refractivity contribution in [2.45, 2.75) is 51.7 Å². The number of halogens is 1. The van der Waals surface area contributed by atoms with E-state index in [1.807, 2.05) is 13.8 Å². The van der Waals surface area contributed by atoms with Crippen molar-refractivity contribution >= 4 is 5.96 Å². The summed E-state index contributed by atoms with van der Waals surface area (Å²) in [6.45, 7) is 9.08. The van der Waals surface area contributed by atoms with Gasteiger partial charge in [0.2, 0.25) is 0 Å². The lowest BCUT2D eigenvalue weighted by atomic mass is 10.1. The highest BCUT2D eigenvalue weighted by atomic mass is 19.1. The van der Waals surface area contributed by atoms with Gasteiger partial charge in [0.15, 0.2) is 17.5 Å². The molecule has 1 fully saturated rings. The molecular formula is C21H35FN4O2. The Bertz CT molecular complexity index is 592. The van der Waals surface area contributed by atoms with Crippen molar-refractivity contribution in [2.75, 3.05) is 39.3 Å². The number of aliphatic hydroxyl groups is 1. The average Bonchev–Trinajstić information content (AvgIpc) is 2.70. The second kappa shape index (κ2) is 12.6. The van der Waals surface area contributed by atoms with Crippen LogP contribution in [0.3, 0.4) is 0 Å². The van der Waals surface area contributed by atoms with Crippen LogP contribution in [0.15, 0.2) is 29.3 Å². The maximum atomic E-state index is 13.8. The van der Waals surface area contributed by atoms with E-state index in [1.165, 1.54) is 6.07 Å². The zero-order valence-corrected chi connectivity index (χ0v) is 17.2. The van der Waals surface area contributed by atoms with Gasteiger partial charge in [0.05, 0.1) is 12.6 Å². The number of hydrogen-bond donors (Lipinski definition) is 3. The number of rotatable bonds is 10. The summed E-state index contributed by atoms with van der Waals surface area (Å²) >= 11 is 0. The third kappa shape index (κ3) is 8.02. The van der Waals surface area contributed by atoms with Crippen LogP contribution in [0.25, 0.3) is 0 Å². The van der Waals surface area contributed by atoms with Crippen LogP contribution in [0.4, 0.5) is 4.39 Å². The maximum absolute atomic E-state index is 13.8. The highest BCUT2D eigenvalue weighted by molar-refractivity contribution is 5.79. The van der Waals surface area contributed by atoms with E-state index in [-0.39, 0.29) is 23.8 Å². The molecule has 1 aliphatic heterocycles. The van der Waals surface area contributed by atoms with Crippen LogP contribution in [0.2, 0.25) is 0 Å². The number of likely N-dealkylation sites (tertiary alicyclic amines) is 1. The van der Waals surface area contributed by atoms with Crippen molar-refractivity contribution in [3.8, 4) is 5.75 Å². The molecule has 0 aliphatic carbocycles. The lowest BCUT2D eigenvalue weighted by molar-refractivity contribution is 0.0823. The summed E-state index contributed by atoms with van der Waals surface area (Å²) in [4.78, 5) is 7.00. The molecule has 1 atom stereocenters. The molecule has 0 radical (unpaired) electrons. The fourth-order valence-electron chi connectivity index (χ4n) is 3.16. The molecule has 0 bridgehead atoms. The minimum absolute atomic E-state index is 0.125. The normalized spacial score (nSPS) is 17.4. The smallest absolute Gasteiger partial charge is 0.191 e. The van der Waals surface area contributed by atoms with Gasteiger partial charge in [0.1, 0.15) is 6.10 Å². The predicted molar refractivity (Wildman–Crippen MR) is 111 cm³/mol. The fourth-order valence-corrected chi connectivity index (χ4v) is 3.16. The number of aliphatic hydroxyl groups excluding tert-OH is 1. The highest BCUT2D eigenvalue weighted by Crippen LogP contribution is 2.18. The molecule has 0 saturated carbocycles. The number of ether oxygens (including phenoxy) is 1. The van der Waals surface area contributed by atoms with Gasteiger partial charge in [-0.15, -0.1) is 0 Å². The molecule has 158 valence electrons. The minimum atomic E-state index is -0.347. The first kappa shape index (κ1) is 22.4. The van der Waals surface area contributed by atoms with Crippen molar-refractivity contribution in [1.82, 2.24) is 15.5 Å². The van der Waals surface area contributed by atoms with E-state index in [4.69, 9.17) is 4.74 Å². The van der Waals surface area contributed by atoms with E-state index in [0.29, 0.717) is 6.54 Å². The van der Waals surface area contributed by atoms with Crippen molar-refractivity contribution in [3.63, 3.8) is 0 Å². The Morgan fingerprint density at radius 3 is 2.71 bits per heavy atom. The molecule has 1 aromatic carbocycles. The number of aliphatic imine (C=N–C) groups is 1. The molecule has 1 unspecified atom stereocenters. The number of nitrogens with one attached hydrogen (secondary N) is 2. The third-order valence-electron chi connectivity index (χ3n) is 4.88. The van der Waals surface area contributed by atoms with Crippen molar-refractivity contribution < 1.29 is 14.2 Å². The van der Waals surface area contributed by atoms with Gasteiger partial charge in [-0.05, 0) is 51.3 Å². The Kier molecular flexibility index (Phi) is 10.1. The predicted octanol–water partition coefficient (Wildman–Crippen LogP) is 2.38. The Labute approximate surface area is 168 Å². The number of hydrogen-bond acceptors (Lipinski definition) is 4. The molecule has 0 amide bonds. The van der Waals surface area contributed by atoms with Gasteiger partial charge in [-0.2, -0.15) is 0 Å². The van der Waals surface area contributed by atoms with Gasteiger partial charge in [0.25, 0.3) is 0 Å². The van der Waals surface area contributed by atoms with Crippen LogP contribution in [0.5, 0.6) is 5.75 Å². The molecule has 1 saturated heterocycles. The van der Waals surface area contributed by atoms with Gasteiger partial charge < -0.3 is 25.4 Å². The van der Waals surface area contributed by atoms with Gasteiger partial charge in [-0.3, -0.25) is 0 Å². The average molecular weight is 395 g/mol. The molecule has 6 nitrogen and oxygen atoms in total. The second-order valence-corrected chi connectivity index (χ2v) is 7.15. The molecule has 28 heavy (non-hydrogen) atoms. The topological polar surface area (TPSA) is 69.1 Å². The fraction of sp³-hybridized carbons (Fsp3) is 0.667. The highest BCUT2D eigenvalue weighted by Gasteiger charge is 2.16. The molecule has 0 aromatic heterocycles. The monoisotopic (exact) mass is 394 g/mol. The third-order valence-corrected chi connectivity index (χ3v) is 4.88. The first-order valence-corrected chi connectivity index (χ1v) is 10.5. The molecule has 1 heterocycles. The van der Waals surface area contributed by atoms with Crippen LogP contribution in [0.1, 0.15) is 39.5 Å². The van der Waals surface area contributed by atoms with E-state index < -0.39 is 0 Å². The summed E-state index contributed by atoms with van der Waals surface area (Å²) in [6.07, 6.45) is 3.21. The molecule has 7 heteroatoms. The Balaban J connectivity index is 1.75. The van der Waals surface area contributed by atoms with Gasteiger partial charge in [-0.25, -0.2) is 9.38 Å². The van der Waals surface area contributed by atoms with E-state index in [9.17, 15) is 9.50 Å². The summed E-state index contributed by atoms with van der Waals surface area (Å²) in [5, 5.41) is 16.2. The van der Waals surface area contributed by atoms with Crippen LogP contribution >= 0.6 is 0 Å². The largest absolute Gasteiger partial charge is 0.485 e. The first-order chi connectivity index (χ1) is 13.6. The number of guanidine groups is 1. The SMILES string of the molecule is CCNC(=NCC(CC)Oc1ccccc1F)NCCCN1CCC(O)CC1. The summed E-state index contributed by atoms with van der Waals surface area (Å²) in [7, 11) is 0. The minimum Gasteiger partial charge on any atom is -0.485 e. The van der Waals surface area contributed by atoms with Crippen LogP contribution in [-0.4, -0.2) is 67.4 Å². The Morgan fingerprint density at radius 1 is 1.29 bits per heavy atom. The zero-order valence-electron chi connectivity index (χ0n) is 17.2. The van der Waals surface area contributed by atoms with E-state index in [2.05, 4.69) is 20.5 Å². The summed E-state index contributed by atoms with van der Waals surface area (Å²) < 4.78 is 19.6. The number of para-hydroxylation sites is 1. The first-order valence-electron chi connectivity index (χ1n) is 10.5. The quantitative estimate of drug-likeness (QED) is 0.323. The van der Waals surface area contributed by atoms with Crippen LogP contribution in [0, 0.1) is 5.82 Å². The van der Waals surface area contributed by atoms with Crippen LogP contribution < -0.4 is 15.4 Å². The molecule has 1 aliphatic rings. The number of benzene rings is 1. The van der Waals surface area contributed by atoms with Crippen molar-refractivity contribution in [1.29, 1.82) is 0 Å².